The monoisotopic (exact) mass is 2620 g/mol. The average Bonchev–Trinajstić information content (AvgIpc) is 0.918. The summed E-state index contributed by atoms with van der Waals surface area (Å²) >= 11 is 0. The van der Waals surface area contributed by atoms with Crippen molar-refractivity contribution >= 4 is 0 Å². The molecule has 0 amide bonds. The fourth-order valence-corrected chi connectivity index (χ4v) is 0. The second kappa shape index (κ2) is 186. The Morgan fingerprint density at radius 1 is 0.292 bits per heavy atom. The molecule has 0 aromatic rings. The van der Waals surface area contributed by atoms with Crippen LogP contribution in [0.2, 0.25) is 0 Å². The second-order valence-electron chi connectivity index (χ2n) is 0.354. The van der Waals surface area contributed by atoms with Gasteiger partial charge in [0.2, 0.25) is 0 Å². The van der Waals surface area contributed by atoms with Gasteiger partial charge in [0.25, 0.3) is 0 Å². The van der Waals surface area contributed by atoms with Crippen molar-refractivity contribution in [2.45, 2.75) is 6.42 Å². The molecule has 19 heteroatoms. The SMILES string of the molecule is [CH2-]C[CH2-].[CH3-].[CH3-].[W].[W].[W].[W].[W].[W].[W].[W].[W].[Y].[Y].[Y].[Y].[Y].[Y].[Y].[Y].[Y].[Y]. The van der Waals surface area contributed by atoms with Crippen LogP contribution in [-0.4, -0.2) is 0 Å². The van der Waals surface area contributed by atoms with Gasteiger partial charge in [0.1, 0.15) is 0 Å². The van der Waals surface area contributed by atoms with Crippen molar-refractivity contribution in [3.05, 3.63) is 28.7 Å². The first-order valence-corrected chi connectivity index (χ1v) is 1.000. The van der Waals surface area contributed by atoms with Crippen LogP contribution in [0.1, 0.15) is 6.42 Å². The summed E-state index contributed by atoms with van der Waals surface area (Å²) in [7, 11) is 0. The minimum atomic E-state index is 0. The summed E-state index contributed by atoms with van der Waals surface area (Å²) < 4.78 is 0. The first-order chi connectivity index (χ1) is 1.41. The molecule has 0 N–H and O–H groups in total. The van der Waals surface area contributed by atoms with Crippen LogP contribution >= 0.6 is 0 Å². The maximum Gasteiger partial charge on any atom is 0 e. The second-order valence-corrected chi connectivity index (χ2v) is 0.354. The molecular weight excluding hydrogens is 2600 g/mol. The van der Waals surface area contributed by atoms with E-state index in [-0.39, 0.29) is 532 Å². The van der Waals surface area contributed by atoms with E-state index in [1.54, 1.807) is 0 Å². The molecule has 0 saturated carbocycles. The zero-order valence-electron chi connectivity index (χ0n) is 13.6. The van der Waals surface area contributed by atoms with Gasteiger partial charge in [0.05, 0.1) is 0 Å². The van der Waals surface area contributed by atoms with E-state index in [4.69, 9.17) is 0 Å². The molecule has 24 heavy (non-hydrogen) atoms. The predicted octanol–water partition coefficient (Wildman–Crippen LogP) is 1.90. The molecule has 0 bridgehead atoms. The van der Waals surface area contributed by atoms with Gasteiger partial charge in [-0.25, -0.2) is 0 Å². The molecule has 0 aliphatic carbocycles. The molecule has 0 aromatic heterocycles. The number of rotatable bonds is 0. The molecule has 0 nitrogen and oxygen atoms in total. The van der Waals surface area contributed by atoms with E-state index in [0.29, 0.717) is 0 Å². The quantitative estimate of drug-likeness (QED) is 0.326. The van der Waals surface area contributed by atoms with Crippen molar-refractivity contribution < 1.29 is 517 Å². The molecular formula is C5H12W9Y10-4. The maximum atomic E-state index is 3.38. The van der Waals surface area contributed by atoms with E-state index in [9.17, 15) is 0 Å². The van der Waals surface area contributed by atoms with Crippen molar-refractivity contribution in [1.82, 2.24) is 0 Å². The first kappa shape index (κ1) is 180. The Balaban J connectivity index is -0.0000000000952. The Morgan fingerprint density at radius 3 is 0.292 bits per heavy atom. The van der Waals surface area contributed by atoms with Crippen LogP contribution in [0, 0.1) is 28.7 Å². The third kappa shape index (κ3) is 193. The van der Waals surface area contributed by atoms with Gasteiger partial charge in [-0.15, -0.1) is 0 Å². The third-order valence-corrected chi connectivity index (χ3v) is 0. The van der Waals surface area contributed by atoms with Crippen molar-refractivity contribution in [3.63, 3.8) is 0 Å². The fourth-order valence-electron chi connectivity index (χ4n) is 0. The predicted molar refractivity (Wildman–Crippen MR) is 28.2 cm³/mol. The standard InChI is InChI=1S/C3H6.2CH3.9W.10Y/c1-3-2;;;;;;;;;;;;;;;;;;;;;/h1-3H2;2*1H3;;;;;;;;;;;;;;;;;;;/q-2;2*-1;;;;;;;;;;;;;;;;;;;. The Morgan fingerprint density at radius 2 is 0.292 bits per heavy atom. The van der Waals surface area contributed by atoms with E-state index in [1.165, 1.54) is 0 Å². The zero-order chi connectivity index (χ0) is 2.71. The molecule has 0 unspecified atom stereocenters. The molecule has 0 aliphatic rings. The molecule has 0 saturated heterocycles. The Labute approximate surface area is 534 Å². The number of hydrogen-bond acceptors (Lipinski definition) is 0. The van der Waals surface area contributed by atoms with E-state index < -0.39 is 0 Å². The summed E-state index contributed by atoms with van der Waals surface area (Å²) in [5.74, 6) is 0. The van der Waals surface area contributed by atoms with E-state index in [1.807, 2.05) is 0 Å². The van der Waals surface area contributed by atoms with E-state index in [2.05, 4.69) is 13.8 Å². The summed E-state index contributed by atoms with van der Waals surface area (Å²) in [6.45, 7) is 6.75. The van der Waals surface area contributed by atoms with Crippen molar-refractivity contribution in [2.75, 3.05) is 0 Å². The van der Waals surface area contributed by atoms with Crippen LogP contribution in [0.15, 0.2) is 0 Å². The van der Waals surface area contributed by atoms with Crippen molar-refractivity contribution in [1.29, 1.82) is 0 Å². The molecule has 0 aromatic carbocycles. The van der Waals surface area contributed by atoms with Crippen LogP contribution < -0.4 is 0 Å². The van der Waals surface area contributed by atoms with Crippen molar-refractivity contribution in [2.24, 2.45) is 0 Å². The summed E-state index contributed by atoms with van der Waals surface area (Å²) in [4.78, 5) is 0. The minimum absolute atomic E-state index is 0. The van der Waals surface area contributed by atoms with Crippen LogP contribution in [0.25, 0.3) is 0 Å². The maximum absolute atomic E-state index is 3.38. The van der Waals surface area contributed by atoms with Gasteiger partial charge < -0.3 is 35.1 Å². The topological polar surface area (TPSA) is 0 Å². The van der Waals surface area contributed by atoms with Crippen LogP contribution in [0.4, 0.5) is 0 Å². The van der Waals surface area contributed by atoms with Gasteiger partial charge in [0.15, 0.2) is 0 Å². The van der Waals surface area contributed by atoms with Gasteiger partial charge in [-0.1, -0.05) is 0 Å². The average molecular weight is 2620 g/mol. The Hall–Kier alpha value is 17.2. The third-order valence-electron chi connectivity index (χ3n) is 0. The molecule has 0 heterocycles. The van der Waals surface area contributed by atoms with Gasteiger partial charge >= 0.3 is 0 Å². The largest absolute Gasteiger partial charge is 0.372 e. The smallest absolute Gasteiger partial charge is 0 e. The van der Waals surface area contributed by atoms with E-state index in [0.717, 1.165) is 6.42 Å². The molecule has 0 aliphatic heterocycles. The Kier molecular flexibility index (Phi) is 1400. The number of hydrogen-bond donors (Lipinski definition) is 0. The molecule has 0 spiro atoms. The van der Waals surface area contributed by atoms with E-state index >= 15 is 0 Å². The first-order valence-electron chi connectivity index (χ1n) is 1.000. The van der Waals surface area contributed by atoms with Crippen LogP contribution in [-0.2, 0) is 517 Å². The summed E-state index contributed by atoms with van der Waals surface area (Å²) in [6.07, 6.45) is 0.750. The van der Waals surface area contributed by atoms with Crippen molar-refractivity contribution in [3.8, 4) is 0 Å². The molecule has 0 rings (SSSR count). The molecule has 10 radical (unpaired) electrons. The summed E-state index contributed by atoms with van der Waals surface area (Å²) in [6, 6.07) is 0. The molecule has 120 valence electrons. The molecule has 0 fully saturated rings. The summed E-state index contributed by atoms with van der Waals surface area (Å²) in [5.41, 5.74) is 0. The minimum Gasteiger partial charge on any atom is -0.372 e. The van der Waals surface area contributed by atoms with Gasteiger partial charge in [-0.3, -0.25) is 0 Å². The Bertz CT molecular complexity index is 36.7. The fraction of sp³-hybridized carbons (Fsp3) is 0.200. The molecule has 0 atom stereocenters. The zero-order valence-corrected chi connectivity index (χ0v) is 68.4. The summed E-state index contributed by atoms with van der Waals surface area (Å²) in [5, 5.41) is 0. The normalized spacial score (nSPS) is 0.750. The van der Waals surface area contributed by atoms with Crippen LogP contribution in [0.3, 0.4) is 0 Å². The van der Waals surface area contributed by atoms with Gasteiger partial charge in [-0.05, 0) is 0 Å². The van der Waals surface area contributed by atoms with Crippen LogP contribution in [0.5, 0.6) is 0 Å². The van der Waals surface area contributed by atoms with Gasteiger partial charge in [0, 0.05) is 517 Å². The van der Waals surface area contributed by atoms with Gasteiger partial charge in [-0.2, -0.15) is 0 Å².